The van der Waals surface area contributed by atoms with Gasteiger partial charge < -0.3 is 9.66 Å². The van der Waals surface area contributed by atoms with Crippen LogP contribution < -0.4 is 51.4 Å². The third-order valence-electron chi connectivity index (χ3n) is 4.57. The van der Waals surface area contributed by atoms with Gasteiger partial charge in [0.05, 0.1) is 16.2 Å². The molecule has 6 heteroatoms. The SMILES string of the molecule is CCCCCCCCCCCC(O)CCCC(CC)S(=O)(=O)[O-].[K+]. The van der Waals surface area contributed by atoms with Crippen LogP contribution in [0.4, 0.5) is 0 Å². The molecule has 0 aliphatic rings. The Hall–Kier alpha value is 1.51. The molecule has 1 N–H and O–H groups in total. The molecular weight excluding hydrogens is 351 g/mol. The van der Waals surface area contributed by atoms with Crippen LogP contribution in [-0.4, -0.2) is 29.4 Å². The number of aliphatic hydroxyl groups excluding tert-OH is 1. The van der Waals surface area contributed by atoms with E-state index in [1.165, 1.54) is 44.9 Å². The van der Waals surface area contributed by atoms with Gasteiger partial charge in [-0.05, 0) is 32.1 Å². The van der Waals surface area contributed by atoms with Crippen LogP contribution in [0.2, 0.25) is 0 Å². The van der Waals surface area contributed by atoms with Crippen molar-refractivity contribution in [3.8, 4) is 0 Å². The second kappa shape index (κ2) is 17.9. The predicted molar refractivity (Wildman–Crippen MR) is 95.5 cm³/mol. The Kier molecular flexibility index (Phi) is 20.7. The van der Waals surface area contributed by atoms with Crippen molar-refractivity contribution in [1.29, 1.82) is 0 Å². The van der Waals surface area contributed by atoms with Crippen LogP contribution in [0.3, 0.4) is 0 Å². The molecule has 2 unspecified atom stereocenters. The molecule has 0 amide bonds. The Morgan fingerprint density at radius 1 is 0.792 bits per heavy atom. The fourth-order valence-corrected chi connectivity index (χ4v) is 3.83. The normalized spacial score (nSPS) is 14.2. The molecule has 0 bridgehead atoms. The van der Waals surface area contributed by atoms with E-state index in [-0.39, 0.29) is 57.5 Å². The van der Waals surface area contributed by atoms with E-state index < -0.39 is 15.4 Å². The summed E-state index contributed by atoms with van der Waals surface area (Å²) in [4.78, 5) is 0. The zero-order valence-corrected chi connectivity index (χ0v) is 20.1. The molecular formula is C18H37KO4S. The molecule has 0 saturated carbocycles. The smallest absolute Gasteiger partial charge is 0.748 e. The van der Waals surface area contributed by atoms with Gasteiger partial charge >= 0.3 is 51.4 Å². The van der Waals surface area contributed by atoms with E-state index in [0.717, 1.165) is 19.3 Å². The molecule has 24 heavy (non-hydrogen) atoms. The minimum absolute atomic E-state index is 0. The summed E-state index contributed by atoms with van der Waals surface area (Å²) >= 11 is 0. The van der Waals surface area contributed by atoms with Gasteiger partial charge in [-0.25, -0.2) is 8.42 Å². The molecule has 2 atom stereocenters. The summed E-state index contributed by atoms with van der Waals surface area (Å²) in [5.41, 5.74) is 0. The maximum absolute atomic E-state index is 11.0. The molecule has 0 spiro atoms. The van der Waals surface area contributed by atoms with Gasteiger partial charge in [0.25, 0.3) is 0 Å². The van der Waals surface area contributed by atoms with Gasteiger partial charge in [0, 0.05) is 5.25 Å². The quantitative estimate of drug-likeness (QED) is 0.248. The van der Waals surface area contributed by atoms with E-state index in [4.69, 9.17) is 0 Å². The van der Waals surface area contributed by atoms with Crippen LogP contribution in [0.25, 0.3) is 0 Å². The van der Waals surface area contributed by atoms with Crippen molar-refractivity contribution in [3.05, 3.63) is 0 Å². The van der Waals surface area contributed by atoms with Crippen LogP contribution in [0.1, 0.15) is 104 Å². The molecule has 0 heterocycles. The van der Waals surface area contributed by atoms with Gasteiger partial charge in [-0.1, -0.05) is 71.6 Å². The summed E-state index contributed by atoms with van der Waals surface area (Å²) < 4.78 is 32.9. The summed E-state index contributed by atoms with van der Waals surface area (Å²) in [7, 11) is -4.18. The van der Waals surface area contributed by atoms with Crippen molar-refractivity contribution in [3.63, 3.8) is 0 Å². The Morgan fingerprint density at radius 2 is 1.25 bits per heavy atom. The monoisotopic (exact) mass is 388 g/mol. The maximum Gasteiger partial charge on any atom is 1.00 e. The molecule has 0 saturated heterocycles. The molecule has 0 aliphatic carbocycles. The first-order valence-corrected chi connectivity index (χ1v) is 11.0. The average molecular weight is 389 g/mol. The van der Waals surface area contributed by atoms with E-state index in [0.29, 0.717) is 25.7 Å². The van der Waals surface area contributed by atoms with Gasteiger partial charge in [0.15, 0.2) is 0 Å². The van der Waals surface area contributed by atoms with E-state index in [1.807, 2.05) is 0 Å². The molecule has 0 aromatic heterocycles. The van der Waals surface area contributed by atoms with E-state index >= 15 is 0 Å². The van der Waals surface area contributed by atoms with Gasteiger partial charge in [-0.3, -0.25) is 0 Å². The van der Waals surface area contributed by atoms with E-state index in [9.17, 15) is 18.1 Å². The van der Waals surface area contributed by atoms with Crippen molar-refractivity contribution in [2.24, 2.45) is 0 Å². The predicted octanol–water partition coefficient (Wildman–Crippen LogP) is 1.77. The Labute approximate surface area is 192 Å². The topological polar surface area (TPSA) is 77.4 Å². The fourth-order valence-electron chi connectivity index (χ4n) is 2.97. The number of unbranched alkanes of at least 4 members (excludes halogenated alkanes) is 8. The largest absolute Gasteiger partial charge is 1.00 e. The Balaban J connectivity index is 0. The van der Waals surface area contributed by atoms with Gasteiger partial charge in [-0.15, -0.1) is 0 Å². The van der Waals surface area contributed by atoms with Crippen molar-refractivity contribution < 1.29 is 69.5 Å². The van der Waals surface area contributed by atoms with Crippen LogP contribution in [0, 0.1) is 0 Å². The molecule has 0 radical (unpaired) electrons. The molecule has 4 nitrogen and oxygen atoms in total. The number of aliphatic hydroxyl groups is 1. The maximum atomic E-state index is 11.0. The Bertz CT molecular complexity index is 360. The van der Waals surface area contributed by atoms with Crippen LogP contribution in [0.5, 0.6) is 0 Å². The zero-order chi connectivity index (χ0) is 17.6. The van der Waals surface area contributed by atoms with Crippen molar-refractivity contribution in [1.82, 2.24) is 0 Å². The van der Waals surface area contributed by atoms with Crippen LogP contribution >= 0.6 is 0 Å². The van der Waals surface area contributed by atoms with Gasteiger partial charge in [0.1, 0.15) is 0 Å². The molecule has 0 aromatic rings. The second-order valence-electron chi connectivity index (χ2n) is 6.72. The van der Waals surface area contributed by atoms with Crippen molar-refractivity contribution in [2.75, 3.05) is 0 Å². The van der Waals surface area contributed by atoms with Crippen LogP contribution in [-0.2, 0) is 10.1 Å². The number of hydrogen-bond acceptors (Lipinski definition) is 4. The zero-order valence-electron chi connectivity index (χ0n) is 16.1. The minimum atomic E-state index is -4.18. The van der Waals surface area contributed by atoms with Crippen LogP contribution in [0.15, 0.2) is 0 Å². The molecule has 0 aromatic carbocycles. The summed E-state index contributed by atoms with van der Waals surface area (Å²) in [6.45, 7) is 3.95. The molecule has 140 valence electrons. The molecule has 0 fully saturated rings. The first-order chi connectivity index (χ1) is 10.9. The average Bonchev–Trinajstić information content (AvgIpc) is 2.48. The standard InChI is InChI=1S/C18H38O4S.K/c1-3-5-6-7-8-9-10-11-12-14-17(19)15-13-16-18(4-2)23(20,21)22;/h17-19H,3-16H2,1-2H3,(H,20,21,22);/q;+1/p-1. The molecule has 0 rings (SSSR count). The number of hydrogen-bond donors (Lipinski definition) is 1. The third-order valence-corrected chi connectivity index (χ3v) is 5.95. The first-order valence-electron chi connectivity index (χ1n) is 9.54. The van der Waals surface area contributed by atoms with Gasteiger partial charge in [-0.2, -0.15) is 0 Å². The summed E-state index contributed by atoms with van der Waals surface area (Å²) in [5.74, 6) is 0. The third kappa shape index (κ3) is 16.9. The van der Waals surface area contributed by atoms with Crippen molar-refractivity contribution in [2.45, 2.75) is 115 Å². The van der Waals surface area contributed by atoms with E-state index in [2.05, 4.69) is 6.92 Å². The van der Waals surface area contributed by atoms with Crippen molar-refractivity contribution >= 4 is 10.1 Å². The summed E-state index contributed by atoms with van der Waals surface area (Å²) in [6.07, 6.45) is 13.8. The number of rotatable bonds is 16. The second-order valence-corrected chi connectivity index (χ2v) is 8.38. The van der Waals surface area contributed by atoms with E-state index in [1.54, 1.807) is 6.92 Å². The Morgan fingerprint density at radius 3 is 1.71 bits per heavy atom. The van der Waals surface area contributed by atoms with Gasteiger partial charge in [0.2, 0.25) is 0 Å². The molecule has 0 aliphatic heterocycles. The summed E-state index contributed by atoms with van der Waals surface area (Å²) in [5, 5.41) is 9.12. The fraction of sp³-hybridized carbons (Fsp3) is 1.00. The first kappa shape index (κ1) is 27.7. The minimum Gasteiger partial charge on any atom is -0.748 e. The summed E-state index contributed by atoms with van der Waals surface area (Å²) in [6, 6.07) is 0.